The molecule has 3 heterocycles. The predicted molar refractivity (Wildman–Crippen MR) is 108 cm³/mol. The fourth-order valence-electron chi connectivity index (χ4n) is 3.40. The number of anilines is 2. The Balaban J connectivity index is 1.57. The molecule has 0 N–H and O–H groups in total. The van der Waals surface area contributed by atoms with Gasteiger partial charge in [0.2, 0.25) is 0 Å². The van der Waals surface area contributed by atoms with Gasteiger partial charge in [0.05, 0.1) is 7.11 Å². The largest absolute Gasteiger partial charge is 0.494 e. The molecular formula is C21H19F4N5O. The van der Waals surface area contributed by atoms with Crippen LogP contribution in [0.4, 0.5) is 29.1 Å². The van der Waals surface area contributed by atoms with Crippen LogP contribution in [0, 0.1) is 5.82 Å². The van der Waals surface area contributed by atoms with Gasteiger partial charge in [0.25, 0.3) is 0 Å². The molecule has 10 heteroatoms. The highest BCUT2D eigenvalue weighted by Gasteiger charge is 2.35. The van der Waals surface area contributed by atoms with Gasteiger partial charge in [0.1, 0.15) is 11.5 Å². The zero-order chi connectivity index (χ0) is 22.0. The maximum Gasteiger partial charge on any atom is 0.433 e. The van der Waals surface area contributed by atoms with Crippen molar-refractivity contribution in [3.05, 3.63) is 60.2 Å². The number of alkyl halides is 3. The second-order valence-electron chi connectivity index (χ2n) is 6.94. The average molecular weight is 433 g/mol. The number of hydrogen-bond acceptors (Lipinski definition) is 6. The zero-order valence-electron chi connectivity index (χ0n) is 16.6. The number of halogens is 4. The summed E-state index contributed by atoms with van der Waals surface area (Å²) in [6.07, 6.45) is -3.13. The third-order valence-corrected chi connectivity index (χ3v) is 5.00. The van der Waals surface area contributed by atoms with Crippen LogP contribution in [0.1, 0.15) is 5.69 Å². The van der Waals surface area contributed by atoms with Crippen molar-refractivity contribution in [2.45, 2.75) is 6.18 Å². The van der Waals surface area contributed by atoms with Gasteiger partial charge in [-0.25, -0.2) is 14.4 Å². The summed E-state index contributed by atoms with van der Waals surface area (Å²) in [5.41, 5.74) is -0.0641. The summed E-state index contributed by atoms with van der Waals surface area (Å²) in [7, 11) is 1.40. The molecule has 0 saturated carbocycles. The molecule has 6 nitrogen and oxygen atoms in total. The third-order valence-electron chi connectivity index (χ3n) is 5.00. The Morgan fingerprint density at radius 1 is 0.935 bits per heavy atom. The number of nitrogens with zero attached hydrogens (tertiary/aromatic N) is 5. The fourth-order valence-corrected chi connectivity index (χ4v) is 3.40. The minimum Gasteiger partial charge on any atom is -0.494 e. The topological polar surface area (TPSA) is 54.4 Å². The SMILES string of the molecule is COc1ccc(N2CCN(c3cc(C(F)(F)F)nc(-c4ccccn4)n3)CC2)cc1F. The first kappa shape index (κ1) is 20.8. The van der Waals surface area contributed by atoms with Gasteiger partial charge in [0.15, 0.2) is 23.1 Å². The molecule has 31 heavy (non-hydrogen) atoms. The third kappa shape index (κ3) is 4.52. The Bertz CT molecular complexity index is 1050. The van der Waals surface area contributed by atoms with Crippen molar-refractivity contribution in [1.82, 2.24) is 15.0 Å². The predicted octanol–water partition coefficient (Wildman–Crippen LogP) is 4.03. The summed E-state index contributed by atoms with van der Waals surface area (Å²) in [5, 5.41) is 0. The number of piperazine rings is 1. The highest BCUT2D eigenvalue weighted by Crippen LogP contribution is 2.32. The molecule has 1 aliphatic rings. The maximum atomic E-state index is 14.0. The van der Waals surface area contributed by atoms with Gasteiger partial charge in [-0.2, -0.15) is 13.2 Å². The molecular weight excluding hydrogens is 414 g/mol. The molecule has 0 bridgehead atoms. The summed E-state index contributed by atoms with van der Waals surface area (Å²) >= 11 is 0. The number of ether oxygens (including phenoxy) is 1. The quantitative estimate of drug-likeness (QED) is 0.579. The van der Waals surface area contributed by atoms with Crippen LogP contribution < -0.4 is 14.5 Å². The van der Waals surface area contributed by atoms with Crippen molar-refractivity contribution in [2.24, 2.45) is 0 Å². The van der Waals surface area contributed by atoms with E-state index in [1.807, 2.05) is 4.90 Å². The van der Waals surface area contributed by atoms with Gasteiger partial charge in [-0.05, 0) is 24.3 Å². The molecule has 1 fully saturated rings. The molecule has 0 aliphatic carbocycles. The lowest BCUT2D eigenvalue weighted by atomic mass is 10.2. The number of aromatic nitrogens is 3. The fraction of sp³-hybridized carbons (Fsp3) is 0.286. The Labute approximate surface area is 176 Å². The van der Waals surface area contributed by atoms with E-state index in [-0.39, 0.29) is 23.1 Å². The number of benzene rings is 1. The van der Waals surface area contributed by atoms with Crippen LogP contribution in [-0.2, 0) is 6.18 Å². The number of methoxy groups -OCH3 is 1. The molecule has 4 rings (SSSR count). The van der Waals surface area contributed by atoms with Crippen LogP contribution in [0.3, 0.4) is 0 Å². The number of pyridine rings is 1. The monoisotopic (exact) mass is 433 g/mol. The maximum absolute atomic E-state index is 14.0. The van der Waals surface area contributed by atoms with E-state index in [2.05, 4.69) is 15.0 Å². The first-order valence-electron chi connectivity index (χ1n) is 9.56. The van der Waals surface area contributed by atoms with E-state index in [9.17, 15) is 17.6 Å². The lowest BCUT2D eigenvalue weighted by Gasteiger charge is -2.37. The van der Waals surface area contributed by atoms with Crippen molar-refractivity contribution in [3.8, 4) is 17.3 Å². The zero-order valence-corrected chi connectivity index (χ0v) is 16.6. The van der Waals surface area contributed by atoms with E-state index in [4.69, 9.17) is 4.74 Å². The second kappa shape index (κ2) is 8.37. The Morgan fingerprint density at radius 3 is 2.29 bits per heavy atom. The van der Waals surface area contributed by atoms with Gasteiger partial charge in [0, 0.05) is 50.2 Å². The molecule has 0 atom stereocenters. The molecule has 0 amide bonds. The van der Waals surface area contributed by atoms with E-state index in [0.717, 1.165) is 6.07 Å². The summed E-state index contributed by atoms with van der Waals surface area (Å²) < 4.78 is 59.2. The van der Waals surface area contributed by atoms with Crippen molar-refractivity contribution in [1.29, 1.82) is 0 Å². The molecule has 0 spiro atoms. The van der Waals surface area contributed by atoms with Crippen LogP contribution in [0.25, 0.3) is 11.5 Å². The molecule has 162 valence electrons. The van der Waals surface area contributed by atoms with Crippen LogP contribution in [0.5, 0.6) is 5.75 Å². The molecule has 0 unspecified atom stereocenters. The van der Waals surface area contributed by atoms with E-state index < -0.39 is 17.7 Å². The van der Waals surface area contributed by atoms with Crippen LogP contribution in [0.15, 0.2) is 48.7 Å². The molecule has 1 aromatic carbocycles. The Morgan fingerprint density at radius 2 is 1.68 bits per heavy atom. The van der Waals surface area contributed by atoms with Gasteiger partial charge < -0.3 is 14.5 Å². The lowest BCUT2D eigenvalue weighted by Crippen LogP contribution is -2.47. The smallest absolute Gasteiger partial charge is 0.433 e. The van der Waals surface area contributed by atoms with Crippen molar-refractivity contribution in [2.75, 3.05) is 43.1 Å². The molecule has 0 radical (unpaired) electrons. The van der Waals surface area contributed by atoms with Crippen molar-refractivity contribution in [3.63, 3.8) is 0 Å². The van der Waals surface area contributed by atoms with Gasteiger partial charge >= 0.3 is 6.18 Å². The van der Waals surface area contributed by atoms with Crippen LogP contribution >= 0.6 is 0 Å². The van der Waals surface area contributed by atoms with E-state index >= 15 is 0 Å². The molecule has 3 aromatic rings. The summed E-state index contributed by atoms with van der Waals surface area (Å²) in [4.78, 5) is 15.8. The summed E-state index contributed by atoms with van der Waals surface area (Å²) in [6, 6.07) is 10.5. The van der Waals surface area contributed by atoms with Crippen LogP contribution in [-0.4, -0.2) is 48.2 Å². The van der Waals surface area contributed by atoms with Gasteiger partial charge in [-0.1, -0.05) is 6.07 Å². The normalized spacial score (nSPS) is 14.6. The van der Waals surface area contributed by atoms with E-state index in [1.54, 1.807) is 35.2 Å². The van der Waals surface area contributed by atoms with Crippen molar-refractivity contribution >= 4 is 11.5 Å². The minimum absolute atomic E-state index is 0.0786. The second-order valence-corrected chi connectivity index (χ2v) is 6.94. The first-order chi connectivity index (χ1) is 14.8. The average Bonchev–Trinajstić information content (AvgIpc) is 2.79. The van der Waals surface area contributed by atoms with E-state index in [0.29, 0.717) is 31.9 Å². The number of hydrogen-bond donors (Lipinski definition) is 0. The number of rotatable bonds is 4. The van der Waals surface area contributed by atoms with Gasteiger partial charge in [-0.3, -0.25) is 4.98 Å². The highest BCUT2D eigenvalue weighted by molar-refractivity contribution is 5.56. The van der Waals surface area contributed by atoms with Gasteiger partial charge in [-0.15, -0.1) is 0 Å². The Hall–Kier alpha value is -3.43. The van der Waals surface area contributed by atoms with E-state index in [1.165, 1.54) is 19.4 Å². The molecule has 1 saturated heterocycles. The Kier molecular flexibility index (Phi) is 5.62. The summed E-state index contributed by atoms with van der Waals surface area (Å²) in [6.45, 7) is 1.83. The molecule has 2 aromatic heterocycles. The van der Waals surface area contributed by atoms with Crippen LogP contribution in [0.2, 0.25) is 0 Å². The first-order valence-corrected chi connectivity index (χ1v) is 9.56. The van der Waals surface area contributed by atoms with Crippen molar-refractivity contribution < 1.29 is 22.3 Å². The standard InChI is InChI=1S/C21H19F4N5O/c1-31-17-6-5-14(12-15(17)22)29-8-10-30(11-9-29)19-13-18(21(23,24)25)27-20(28-19)16-4-2-3-7-26-16/h2-7,12-13H,8-11H2,1H3. The summed E-state index contributed by atoms with van der Waals surface area (Å²) in [5.74, 6) is -0.202. The lowest BCUT2D eigenvalue weighted by molar-refractivity contribution is -0.141. The molecule has 1 aliphatic heterocycles. The minimum atomic E-state index is -4.61. The highest BCUT2D eigenvalue weighted by atomic mass is 19.4.